The second-order valence-electron chi connectivity index (χ2n) is 3.86. The van der Waals surface area contributed by atoms with E-state index in [2.05, 4.69) is 34.1 Å². The van der Waals surface area contributed by atoms with Gasteiger partial charge in [-0.1, -0.05) is 40.2 Å². The number of ketones is 1. The van der Waals surface area contributed by atoms with Crippen LogP contribution in [0.25, 0.3) is 10.8 Å². The Kier molecular flexibility index (Phi) is 1.93. The molecule has 0 aromatic heterocycles. The zero-order valence-corrected chi connectivity index (χ0v) is 9.67. The summed E-state index contributed by atoms with van der Waals surface area (Å²) in [4.78, 5) is 11.8. The van der Waals surface area contributed by atoms with Gasteiger partial charge >= 0.3 is 0 Å². The fourth-order valence-electron chi connectivity index (χ4n) is 2.27. The van der Waals surface area contributed by atoms with Gasteiger partial charge in [-0.2, -0.15) is 0 Å². The maximum atomic E-state index is 11.8. The third kappa shape index (κ3) is 1.25. The van der Waals surface area contributed by atoms with E-state index in [9.17, 15) is 4.79 Å². The Morgan fingerprint density at radius 3 is 2.80 bits per heavy atom. The highest BCUT2D eigenvalue weighted by molar-refractivity contribution is 9.10. The highest BCUT2D eigenvalue weighted by atomic mass is 79.9. The summed E-state index contributed by atoms with van der Waals surface area (Å²) in [5, 5.41) is 2.29. The Hall–Kier alpha value is -1.15. The number of carbonyl (C=O) groups excluding carboxylic acids is 1. The molecule has 2 aromatic rings. The van der Waals surface area contributed by atoms with Crippen molar-refractivity contribution in [1.29, 1.82) is 0 Å². The molecule has 2 aromatic carbocycles. The van der Waals surface area contributed by atoms with Gasteiger partial charge in [0, 0.05) is 16.5 Å². The first kappa shape index (κ1) is 9.10. The van der Waals surface area contributed by atoms with Crippen LogP contribution in [-0.2, 0) is 6.42 Å². The molecule has 0 bridgehead atoms. The van der Waals surface area contributed by atoms with Crippen LogP contribution in [0.5, 0.6) is 0 Å². The molecule has 15 heavy (non-hydrogen) atoms. The van der Waals surface area contributed by atoms with E-state index in [1.54, 1.807) is 0 Å². The summed E-state index contributed by atoms with van der Waals surface area (Å²) in [5.41, 5.74) is 2.18. The molecule has 0 unspecified atom stereocenters. The lowest BCUT2D eigenvalue weighted by Gasteiger charge is -2.16. The van der Waals surface area contributed by atoms with E-state index in [-0.39, 0.29) is 5.78 Å². The molecule has 0 fully saturated rings. The topological polar surface area (TPSA) is 17.1 Å². The smallest absolute Gasteiger partial charge is 0.163 e. The van der Waals surface area contributed by atoms with Gasteiger partial charge in [-0.3, -0.25) is 4.79 Å². The molecule has 1 aliphatic carbocycles. The third-order valence-electron chi connectivity index (χ3n) is 3.00. The second-order valence-corrected chi connectivity index (χ2v) is 4.71. The van der Waals surface area contributed by atoms with E-state index in [4.69, 9.17) is 0 Å². The molecular formula is C13H9BrO. The lowest BCUT2D eigenvalue weighted by Crippen LogP contribution is -2.09. The highest BCUT2D eigenvalue weighted by Crippen LogP contribution is 2.33. The molecule has 0 spiro atoms. The SMILES string of the molecule is O=C1CCc2ccc(Br)c3cccc1c23. The number of benzene rings is 2. The van der Waals surface area contributed by atoms with Crippen LogP contribution < -0.4 is 0 Å². The zero-order valence-electron chi connectivity index (χ0n) is 8.09. The second kappa shape index (κ2) is 3.17. The van der Waals surface area contributed by atoms with Gasteiger partial charge in [-0.05, 0) is 28.8 Å². The van der Waals surface area contributed by atoms with Gasteiger partial charge in [-0.25, -0.2) is 0 Å². The summed E-state index contributed by atoms with van der Waals surface area (Å²) in [6.45, 7) is 0. The van der Waals surface area contributed by atoms with E-state index in [1.807, 2.05) is 12.1 Å². The van der Waals surface area contributed by atoms with Crippen LogP contribution in [0.2, 0.25) is 0 Å². The minimum atomic E-state index is 0.270. The average molecular weight is 261 g/mol. The quantitative estimate of drug-likeness (QED) is 0.706. The van der Waals surface area contributed by atoms with Gasteiger partial charge < -0.3 is 0 Å². The van der Waals surface area contributed by atoms with E-state index in [0.717, 1.165) is 27.2 Å². The molecule has 0 aliphatic heterocycles. The van der Waals surface area contributed by atoms with E-state index in [0.29, 0.717) is 6.42 Å². The maximum absolute atomic E-state index is 11.8. The Bertz CT molecular complexity index is 572. The number of carbonyl (C=O) groups is 1. The maximum Gasteiger partial charge on any atom is 0.163 e. The Balaban J connectivity index is 2.53. The van der Waals surface area contributed by atoms with Crippen molar-refractivity contribution in [3.8, 4) is 0 Å². The first-order valence-electron chi connectivity index (χ1n) is 5.00. The fourth-order valence-corrected chi connectivity index (χ4v) is 2.73. The summed E-state index contributed by atoms with van der Waals surface area (Å²) < 4.78 is 1.07. The van der Waals surface area contributed by atoms with Crippen molar-refractivity contribution in [2.45, 2.75) is 12.8 Å². The minimum Gasteiger partial charge on any atom is -0.294 e. The van der Waals surface area contributed by atoms with Crippen LogP contribution >= 0.6 is 15.9 Å². The number of hydrogen-bond acceptors (Lipinski definition) is 1. The molecule has 0 atom stereocenters. The van der Waals surface area contributed by atoms with E-state index < -0.39 is 0 Å². The predicted octanol–water partition coefficient (Wildman–Crippen LogP) is 3.73. The predicted molar refractivity (Wildman–Crippen MR) is 64.3 cm³/mol. The molecule has 0 radical (unpaired) electrons. The molecule has 1 aliphatic rings. The van der Waals surface area contributed by atoms with E-state index in [1.165, 1.54) is 5.56 Å². The van der Waals surface area contributed by atoms with Gasteiger partial charge in [0.2, 0.25) is 0 Å². The van der Waals surface area contributed by atoms with Gasteiger partial charge in [0.05, 0.1) is 0 Å². The average Bonchev–Trinajstić information content (AvgIpc) is 2.27. The monoisotopic (exact) mass is 260 g/mol. The summed E-state index contributed by atoms with van der Waals surface area (Å²) in [7, 11) is 0. The molecule has 3 rings (SSSR count). The third-order valence-corrected chi connectivity index (χ3v) is 3.69. The summed E-state index contributed by atoms with van der Waals surface area (Å²) >= 11 is 3.53. The summed E-state index contributed by atoms with van der Waals surface area (Å²) in [6, 6.07) is 10.1. The molecule has 2 heteroatoms. The van der Waals surface area contributed by atoms with Crippen molar-refractivity contribution in [2.75, 3.05) is 0 Å². The molecule has 1 nitrogen and oxygen atoms in total. The van der Waals surface area contributed by atoms with Crippen LogP contribution in [0.15, 0.2) is 34.8 Å². The van der Waals surface area contributed by atoms with Crippen molar-refractivity contribution in [3.63, 3.8) is 0 Å². The Labute approximate surface area is 96.2 Å². The van der Waals surface area contributed by atoms with Gasteiger partial charge in [0.1, 0.15) is 0 Å². The number of aryl methyl sites for hydroxylation is 1. The molecule has 0 saturated carbocycles. The van der Waals surface area contributed by atoms with Crippen LogP contribution in [0.4, 0.5) is 0 Å². The number of rotatable bonds is 0. The minimum absolute atomic E-state index is 0.270. The number of hydrogen-bond donors (Lipinski definition) is 0. The number of Topliss-reactive ketones (excluding diaryl/α,β-unsaturated/α-hetero) is 1. The lowest BCUT2D eigenvalue weighted by atomic mass is 9.88. The standard InChI is InChI=1S/C13H9BrO/c14-11-6-4-8-5-7-12(15)10-3-1-2-9(11)13(8)10/h1-4,6H,5,7H2. The van der Waals surface area contributed by atoms with Crippen molar-refractivity contribution < 1.29 is 4.79 Å². The first-order chi connectivity index (χ1) is 7.27. The van der Waals surface area contributed by atoms with Crippen LogP contribution in [0, 0.1) is 0 Å². The van der Waals surface area contributed by atoms with Crippen molar-refractivity contribution in [3.05, 3.63) is 45.9 Å². The van der Waals surface area contributed by atoms with Gasteiger partial charge in [-0.15, -0.1) is 0 Å². The molecule has 0 saturated heterocycles. The molecule has 0 heterocycles. The lowest BCUT2D eigenvalue weighted by molar-refractivity contribution is 0.0982. The van der Waals surface area contributed by atoms with Crippen molar-refractivity contribution >= 4 is 32.5 Å². The largest absolute Gasteiger partial charge is 0.294 e. The molecule has 0 N–H and O–H groups in total. The van der Waals surface area contributed by atoms with Gasteiger partial charge in [0.15, 0.2) is 5.78 Å². The summed E-state index contributed by atoms with van der Waals surface area (Å²) in [5.74, 6) is 0.270. The first-order valence-corrected chi connectivity index (χ1v) is 5.80. The van der Waals surface area contributed by atoms with E-state index >= 15 is 0 Å². The highest BCUT2D eigenvalue weighted by Gasteiger charge is 2.19. The Morgan fingerprint density at radius 2 is 1.93 bits per heavy atom. The number of halogens is 1. The summed E-state index contributed by atoms with van der Waals surface area (Å²) in [6.07, 6.45) is 1.52. The van der Waals surface area contributed by atoms with Crippen LogP contribution in [-0.4, -0.2) is 5.78 Å². The molecule has 0 amide bonds. The fraction of sp³-hybridized carbons (Fsp3) is 0.154. The van der Waals surface area contributed by atoms with Crippen molar-refractivity contribution in [2.24, 2.45) is 0 Å². The van der Waals surface area contributed by atoms with Crippen molar-refractivity contribution in [1.82, 2.24) is 0 Å². The van der Waals surface area contributed by atoms with Crippen LogP contribution in [0.3, 0.4) is 0 Å². The molecular weight excluding hydrogens is 252 g/mol. The van der Waals surface area contributed by atoms with Gasteiger partial charge in [0.25, 0.3) is 0 Å². The zero-order chi connectivity index (χ0) is 10.4. The normalized spacial score (nSPS) is 14.6. The Morgan fingerprint density at radius 1 is 1.07 bits per heavy atom. The molecule has 74 valence electrons. The van der Waals surface area contributed by atoms with Crippen LogP contribution in [0.1, 0.15) is 22.3 Å².